The van der Waals surface area contributed by atoms with Crippen LogP contribution in [0.2, 0.25) is 0 Å². The summed E-state index contributed by atoms with van der Waals surface area (Å²) in [6.07, 6.45) is 1.08. The highest BCUT2D eigenvalue weighted by Gasteiger charge is 2.16. The van der Waals surface area contributed by atoms with Gasteiger partial charge in [0.25, 0.3) is 0 Å². The number of anilines is 2. The van der Waals surface area contributed by atoms with E-state index in [2.05, 4.69) is 47.4 Å². The number of para-hydroxylation sites is 1. The van der Waals surface area contributed by atoms with Crippen molar-refractivity contribution in [3.05, 3.63) is 59.7 Å². The first-order valence-electron chi connectivity index (χ1n) is 6.00. The fourth-order valence-electron chi connectivity index (χ4n) is 2.43. The first-order valence-corrected chi connectivity index (χ1v) is 6.00. The molecule has 0 atom stereocenters. The monoisotopic (exact) mass is 224 g/mol. The van der Waals surface area contributed by atoms with Crippen molar-refractivity contribution in [2.75, 3.05) is 17.2 Å². The number of nitrogen functional groups attached to an aromatic ring is 1. The Balaban J connectivity index is 1.88. The minimum atomic E-state index is 0.872. The van der Waals surface area contributed by atoms with Gasteiger partial charge in [-0.1, -0.05) is 24.3 Å². The molecule has 0 amide bonds. The number of hydrogen-bond donors (Lipinski definition) is 1. The SMILES string of the molecule is Nc1ccc2c(c1)CCN(c1ccccc1)C2. The first kappa shape index (κ1) is 10.2. The predicted molar refractivity (Wildman–Crippen MR) is 72.1 cm³/mol. The molecule has 0 aliphatic carbocycles. The van der Waals surface area contributed by atoms with Crippen molar-refractivity contribution in [3.8, 4) is 0 Å². The van der Waals surface area contributed by atoms with Crippen molar-refractivity contribution in [3.63, 3.8) is 0 Å². The van der Waals surface area contributed by atoms with E-state index in [1.165, 1.54) is 16.8 Å². The third-order valence-corrected chi connectivity index (χ3v) is 3.36. The van der Waals surface area contributed by atoms with E-state index >= 15 is 0 Å². The molecule has 1 heterocycles. The summed E-state index contributed by atoms with van der Waals surface area (Å²) in [4.78, 5) is 2.42. The fourth-order valence-corrected chi connectivity index (χ4v) is 2.43. The van der Waals surface area contributed by atoms with Crippen molar-refractivity contribution in [2.24, 2.45) is 0 Å². The second-order valence-corrected chi connectivity index (χ2v) is 4.54. The molecule has 1 aliphatic heterocycles. The Morgan fingerprint density at radius 1 is 0.941 bits per heavy atom. The van der Waals surface area contributed by atoms with Crippen LogP contribution in [0.15, 0.2) is 48.5 Å². The molecule has 0 radical (unpaired) electrons. The van der Waals surface area contributed by atoms with Crippen LogP contribution < -0.4 is 10.6 Å². The number of nitrogens with two attached hydrogens (primary N) is 1. The Bertz CT molecular complexity index is 520. The van der Waals surface area contributed by atoms with Gasteiger partial charge in [-0.05, 0) is 41.8 Å². The number of rotatable bonds is 1. The minimum absolute atomic E-state index is 0.872. The number of fused-ring (bicyclic) bond motifs is 1. The largest absolute Gasteiger partial charge is 0.399 e. The van der Waals surface area contributed by atoms with E-state index in [4.69, 9.17) is 5.73 Å². The summed E-state index contributed by atoms with van der Waals surface area (Å²) in [6.45, 7) is 2.06. The number of hydrogen-bond acceptors (Lipinski definition) is 2. The topological polar surface area (TPSA) is 29.3 Å². The molecule has 0 saturated carbocycles. The van der Waals surface area contributed by atoms with Crippen LogP contribution in [0.25, 0.3) is 0 Å². The van der Waals surface area contributed by atoms with Gasteiger partial charge in [0, 0.05) is 24.5 Å². The van der Waals surface area contributed by atoms with Crippen molar-refractivity contribution < 1.29 is 0 Å². The molecular weight excluding hydrogens is 208 g/mol. The van der Waals surface area contributed by atoms with Crippen molar-refractivity contribution in [1.29, 1.82) is 0 Å². The maximum atomic E-state index is 5.81. The Kier molecular flexibility index (Phi) is 2.48. The summed E-state index contributed by atoms with van der Waals surface area (Å²) >= 11 is 0. The minimum Gasteiger partial charge on any atom is -0.399 e. The lowest BCUT2D eigenvalue weighted by Gasteiger charge is -2.30. The molecule has 0 unspecified atom stereocenters. The summed E-state index contributed by atoms with van der Waals surface area (Å²) in [6, 6.07) is 16.8. The molecule has 2 aromatic rings. The van der Waals surface area contributed by atoms with Crippen LogP contribution in [0.3, 0.4) is 0 Å². The summed E-state index contributed by atoms with van der Waals surface area (Å²) in [5.41, 5.74) is 10.8. The van der Waals surface area contributed by atoms with Gasteiger partial charge in [0.1, 0.15) is 0 Å². The van der Waals surface area contributed by atoms with Gasteiger partial charge in [0.2, 0.25) is 0 Å². The first-order chi connectivity index (χ1) is 8.33. The smallest absolute Gasteiger partial charge is 0.0432 e. The Hall–Kier alpha value is -1.96. The molecule has 86 valence electrons. The summed E-state index contributed by atoms with van der Waals surface area (Å²) in [5, 5.41) is 0. The van der Waals surface area contributed by atoms with E-state index in [-0.39, 0.29) is 0 Å². The predicted octanol–water partition coefficient (Wildman–Crippen LogP) is 2.83. The van der Waals surface area contributed by atoms with E-state index in [1.807, 2.05) is 6.07 Å². The molecular formula is C15H16N2. The molecule has 3 rings (SSSR count). The van der Waals surface area contributed by atoms with Crippen LogP contribution in [0.4, 0.5) is 11.4 Å². The van der Waals surface area contributed by atoms with Crippen LogP contribution in [0.5, 0.6) is 0 Å². The zero-order valence-corrected chi connectivity index (χ0v) is 9.76. The molecule has 0 bridgehead atoms. The van der Waals surface area contributed by atoms with Gasteiger partial charge < -0.3 is 10.6 Å². The lowest BCUT2D eigenvalue weighted by Crippen LogP contribution is -2.30. The average Bonchev–Trinajstić information content (AvgIpc) is 2.39. The van der Waals surface area contributed by atoms with E-state index in [0.717, 1.165) is 25.2 Å². The van der Waals surface area contributed by atoms with Crippen LogP contribution in [-0.4, -0.2) is 6.54 Å². The molecule has 17 heavy (non-hydrogen) atoms. The normalized spacial score (nSPS) is 14.5. The highest BCUT2D eigenvalue weighted by molar-refractivity contribution is 5.52. The van der Waals surface area contributed by atoms with E-state index in [1.54, 1.807) is 0 Å². The summed E-state index contributed by atoms with van der Waals surface area (Å²) < 4.78 is 0. The highest BCUT2D eigenvalue weighted by Crippen LogP contribution is 2.25. The Morgan fingerprint density at radius 3 is 2.59 bits per heavy atom. The lowest BCUT2D eigenvalue weighted by atomic mass is 9.98. The second-order valence-electron chi connectivity index (χ2n) is 4.54. The number of benzene rings is 2. The van der Waals surface area contributed by atoms with Gasteiger partial charge in [0.15, 0.2) is 0 Å². The molecule has 2 heteroatoms. The molecule has 1 aliphatic rings. The average molecular weight is 224 g/mol. The molecule has 0 saturated heterocycles. The quantitative estimate of drug-likeness (QED) is 0.755. The van der Waals surface area contributed by atoms with Gasteiger partial charge in [-0.3, -0.25) is 0 Å². The summed E-state index contributed by atoms with van der Waals surface area (Å²) in [5.74, 6) is 0. The lowest BCUT2D eigenvalue weighted by molar-refractivity contribution is 0.732. The van der Waals surface area contributed by atoms with Crippen LogP contribution in [0, 0.1) is 0 Å². The van der Waals surface area contributed by atoms with E-state index in [0.29, 0.717) is 0 Å². The van der Waals surface area contributed by atoms with Crippen molar-refractivity contribution in [1.82, 2.24) is 0 Å². The van der Waals surface area contributed by atoms with Crippen LogP contribution >= 0.6 is 0 Å². The Morgan fingerprint density at radius 2 is 1.76 bits per heavy atom. The zero-order valence-electron chi connectivity index (χ0n) is 9.76. The molecule has 2 aromatic carbocycles. The third-order valence-electron chi connectivity index (χ3n) is 3.36. The maximum Gasteiger partial charge on any atom is 0.0432 e. The second kappa shape index (κ2) is 4.13. The standard InChI is InChI=1S/C15H16N2/c16-14-7-6-13-11-17(9-8-12(13)10-14)15-4-2-1-3-5-15/h1-7,10H,8-9,11,16H2. The number of nitrogens with zero attached hydrogens (tertiary/aromatic N) is 1. The fraction of sp³-hybridized carbons (Fsp3) is 0.200. The Labute approximate surface area is 102 Å². The van der Waals surface area contributed by atoms with Gasteiger partial charge in [-0.25, -0.2) is 0 Å². The molecule has 0 aromatic heterocycles. The van der Waals surface area contributed by atoms with Gasteiger partial charge in [0.05, 0.1) is 0 Å². The van der Waals surface area contributed by atoms with Crippen LogP contribution in [0.1, 0.15) is 11.1 Å². The molecule has 0 fully saturated rings. The third kappa shape index (κ3) is 1.98. The van der Waals surface area contributed by atoms with Gasteiger partial charge in [-0.2, -0.15) is 0 Å². The summed E-state index contributed by atoms with van der Waals surface area (Å²) in [7, 11) is 0. The van der Waals surface area contributed by atoms with E-state index < -0.39 is 0 Å². The zero-order chi connectivity index (χ0) is 11.7. The molecule has 2 nitrogen and oxygen atoms in total. The molecule has 2 N–H and O–H groups in total. The molecule has 0 spiro atoms. The van der Waals surface area contributed by atoms with Gasteiger partial charge in [-0.15, -0.1) is 0 Å². The van der Waals surface area contributed by atoms with Crippen molar-refractivity contribution >= 4 is 11.4 Å². The maximum absolute atomic E-state index is 5.81. The van der Waals surface area contributed by atoms with Gasteiger partial charge >= 0.3 is 0 Å². The van der Waals surface area contributed by atoms with Crippen molar-refractivity contribution in [2.45, 2.75) is 13.0 Å². The van der Waals surface area contributed by atoms with Crippen LogP contribution in [-0.2, 0) is 13.0 Å². The van der Waals surface area contributed by atoms with E-state index in [9.17, 15) is 0 Å². The highest BCUT2D eigenvalue weighted by atomic mass is 15.1.